The monoisotopic (exact) mass is 268 g/mol. The number of aromatic nitrogens is 2. The molecule has 0 aliphatic heterocycles. The van der Waals surface area contributed by atoms with Crippen LogP contribution in [0.5, 0.6) is 0 Å². The number of para-hydroxylation sites is 2. The van der Waals surface area contributed by atoms with Crippen molar-refractivity contribution in [1.29, 1.82) is 0 Å². The van der Waals surface area contributed by atoms with Gasteiger partial charge in [-0.1, -0.05) is 12.1 Å². The van der Waals surface area contributed by atoms with Crippen LogP contribution in [0.2, 0.25) is 0 Å². The molecule has 102 valence electrons. The van der Waals surface area contributed by atoms with E-state index in [1.807, 2.05) is 0 Å². The van der Waals surface area contributed by atoms with Gasteiger partial charge in [0.25, 0.3) is 0 Å². The molecule has 0 saturated heterocycles. The number of carbonyl (C=O) groups excluding carboxylic acids is 1. The molecule has 1 aromatic heterocycles. The van der Waals surface area contributed by atoms with E-state index in [1.165, 1.54) is 6.92 Å². The van der Waals surface area contributed by atoms with Crippen LogP contribution in [0.3, 0.4) is 0 Å². The minimum Gasteiger partial charge on any atom is -0.462 e. The van der Waals surface area contributed by atoms with Crippen LogP contribution < -0.4 is 0 Å². The highest BCUT2D eigenvalue weighted by Gasteiger charge is 2.42. The molecule has 0 spiro atoms. The van der Waals surface area contributed by atoms with Crippen molar-refractivity contribution in [3.05, 3.63) is 30.1 Å². The number of imidazole rings is 1. The summed E-state index contributed by atoms with van der Waals surface area (Å²) in [5.74, 6) is -4.92. The third-order valence-electron chi connectivity index (χ3n) is 2.83. The van der Waals surface area contributed by atoms with Crippen LogP contribution in [0.4, 0.5) is 8.78 Å². The number of hydrogen-bond donors (Lipinski definition) is 0. The Bertz CT molecular complexity index is 608. The van der Waals surface area contributed by atoms with Gasteiger partial charge in [-0.2, -0.15) is 8.78 Å². The van der Waals surface area contributed by atoms with E-state index in [9.17, 15) is 13.6 Å². The number of hydrogen-bond acceptors (Lipinski definition) is 3. The van der Waals surface area contributed by atoms with Gasteiger partial charge < -0.3 is 9.30 Å². The van der Waals surface area contributed by atoms with Crippen molar-refractivity contribution in [2.75, 3.05) is 6.61 Å². The SMILES string of the molecule is CCOC(=O)C(F)(F)Cc1nc2ccccc2n1C. The quantitative estimate of drug-likeness (QED) is 0.799. The molecule has 19 heavy (non-hydrogen) atoms. The van der Waals surface area contributed by atoms with Gasteiger partial charge in [0.05, 0.1) is 24.1 Å². The third-order valence-corrected chi connectivity index (χ3v) is 2.83. The van der Waals surface area contributed by atoms with Gasteiger partial charge in [0, 0.05) is 7.05 Å². The number of carbonyl (C=O) groups is 1. The van der Waals surface area contributed by atoms with Crippen molar-refractivity contribution in [2.24, 2.45) is 7.05 Å². The molecule has 0 unspecified atom stereocenters. The normalized spacial score (nSPS) is 11.8. The maximum atomic E-state index is 13.7. The number of benzene rings is 1. The number of fused-ring (bicyclic) bond motifs is 1. The van der Waals surface area contributed by atoms with E-state index in [0.29, 0.717) is 5.52 Å². The predicted octanol–water partition coefficient (Wildman–Crippen LogP) is 2.31. The molecule has 0 atom stereocenters. The molecule has 1 aromatic carbocycles. The highest BCUT2D eigenvalue weighted by atomic mass is 19.3. The van der Waals surface area contributed by atoms with Gasteiger partial charge >= 0.3 is 11.9 Å². The van der Waals surface area contributed by atoms with Gasteiger partial charge in [-0.3, -0.25) is 0 Å². The molecule has 6 heteroatoms. The minimum atomic E-state index is -3.56. The summed E-state index contributed by atoms with van der Waals surface area (Å²) >= 11 is 0. The fourth-order valence-corrected chi connectivity index (χ4v) is 1.86. The van der Waals surface area contributed by atoms with E-state index in [1.54, 1.807) is 35.9 Å². The smallest absolute Gasteiger partial charge is 0.377 e. The lowest BCUT2D eigenvalue weighted by molar-refractivity contribution is -0.171. The fourth-order valence-electron chi connectivity index (χ4n) is 1.86. The Morgan fingerprint density at radius 2 is 2.11 bits per heavy atom. The molecule has 0 bridgehead atoms. The molecular weight excluding hydrogens is 254 g/mol. The number of ether oxygens (including phenoxy) is 1. The molecule has 1 heterocycles. The van der Waals surface area contributed by atoms with Crippen LogP contribution in [0.15, 0.2) is 24.3 Å². The molecule has 0 aliphatic carbocycles. The van der Waals surface area contributed by atoms with E-state index in [0.717, 1.165) is 5.52 Å². The van der Waals surface area contributed by atoms with Gasteiger partial charge in [-0.25, -0.2) is 9.78 Å². The minimum absolute atomic E-state index is 0.0725. The average Bonchev–Trinajstić information content (AvgIpc) is 2.67. The average molecular weight is 268 g/mol. The lowest BCUT2D eigenvalue weighted by Crippen LogP contribution is -2.34. The summed E-state index contributed by atoms with van der Waals surface area (Å²) < 4.78 is 33.3. The maximum absolute atomic E-state index is 13.7. The van der Waals surface area contributed by atoms with Crippen molar-refractivity contribution in [2.45, 2.75) is 19.3 Å². The van der Waals surface area contributed by atoms with E-state index >= 15 is 0 Å². The molecule has 2 aromatic rings. The van der Waals surface area contributed by atoms with Crippen molar-refractivity contribution >= 4 is 17.0 Å². The summed E-state index contributed by atoms with van der Waals surface area (Å²) in [6.45, 7) is 1.42. The van der Waals surface area contributed by atoms with Crippen LogP contribution in [0, 0.1) is 0 Å². The second kappa shape index (κ2) is 4.95. The lowest BCUT2D eigenvalue weighted by atomic mass is 10.2. The zero-order valence-corrected chi connectivity index (χ0v) is 10.7. The van der Waals surface area contributed by atoms with Crippen LogP contribution in [-0.2, 0) is 23.0 Å². The number of esters is 1. The Labute approximate surface area is 109 Å². The zero-order chi connectivity index (χ0) is 14.0. The second-order valence-electron chi connectivity index (χ2n) is 4.18. The standard InChI is InChI=1S/C13H14F2N2O2/c1-3-19-12(18)13(14,15)8-11-16-9-6-4-5-7-10(9)17(11)2/h4-7H,3,8H2,1-2H3. The number of rotatable bonds is 4. The predicted molar refractivity (Wildman–Crippen MR) is 66.0 cm³/mol. The van der Waals surface area contributed by atoms with Gasteiger partial charge in [0.2, 0.25) is 0 Å². The molecule has 0 aliphatic rings. The summed E-state index contributed by atoms with van der Waals surface area (Å²) in [6.07, 6.45) is -0.767. The zero-order valence-electron chi connectivity index (χ0n) is 10.7. The summed E-state index contributed by atoms with van der Waals surface area (Å²) in [5, 5.41) is 0. The maximum Gasteiger partial charge on any atom is 0.377 e. The Kier molecular flexibility index (Phi) is 3.50. The van der Waals surface area contributed by atoms with Crippen LogP contribution >= 0.6 is 0 Å². The molecule has 0 amide bonds. The van der Waals surface area contributed by atoms with Crippen molar-refractivity contribution in [3.8, 4) is 0 Å². The molecular formula is C13H14F2N2O2. The van der Waals surface area contributed by atoms with Crippen LogP contribution in [0.1, 0.15) is 12.7 Å². The summed E-state index contributed by atoms with van der Waals surface area (Å²) in [5.41, 5.74) is 1.37. The number of alkyl halides is 2. The lowest BCUT2D eigenvalue weighted by Gasteiger charge is -2.14. The Morgan fingerprint density at radius 3 is 2.74 bits per heavy atom. The van der Waals surface area contributed by atoms with Crippen LogP contribution in [-0.4, -0.2) is 28.0 Å². The van der Waals surface area contributed by atoms with Gasteiger partial charge in [0.15, 0.2) is 0 Å². The van der Waals surface area contributed by atoms with E-state index in [4.69, 9.17) is 0 Å². The highest BCUT2D eigenvalue weighted by Crippen LogP contribution is 2.23. The van der Waals surface area contributed by atoms with E-state index < -0.39 is 18.3 Å². The first kappa shape index (κ1) is 13.5. The molecule has 4 nitrogen and oxygen atoms in total. The molecule has 0 radical (unpaired) electrons. The fraction of sp³-hybridized carbons (Fsp3) is 0.385. The van der Waals surface area contributed by atoms with Gasteiger partial charge in [0.1, 0.15) is 5.82 Å². The van der Waals surface area contributed by atoms with Crippen molar-refractivity contribution in [1.82, 2.24) is 9.55 Å². The molecule has 0 N–H and O–H groups in total. The summed E-state index contributed by atoms with van der Waals surface area (Å²) in [6, 6.07) is 7.11. The Hall–Kier alpha value is -1.98. The number of aryl methyl sites for hydroxylation is 1. The third kappa shape index (κ3) is 2.57. The van der Waals surface area contributed by atoms with Crippen molar-refractivity contribution in [3.63, 3.8) is 0 Å². The molecule has 0 saturated carbocycles. The largest absolute Gasteiger partial charge is 0.462 e. The summed E-state index contributed by atoms with van der Waals surface area (Å²) in [7, 11) is 1.64. The number of nitrogens with zero attached hydrogens (tertiary/aromatic N) is 2. The topological polar surface area (TPSA) is 44.1 Å². The van der Waals surface area contributed by atoms with Crippen molar-refractivity contribution < 1.29 is 18.3 Å². The summed E-state index contributed by atoms with van der Waals surface area (Å²) in [4.78, 5) is 15.3. The van der Waals surface area contributed by atoms with E-state index in [-0.39, 0.29) is 12.4 Å². The first-order valence-corrected chi connectivity index (χ1v) is 5.91. The Morgan fingerprint density at radius 1 is 1.42 bits per heavy atom. The van der Waals surface area contributed by atoms with Gasteiger partial charge in [-0.15, -0.1) is 0 Å². The first-order valence-electron chi connectivity index (χ1n) is 5.91. The second-order valence-corrected chi connectivity index (χ2v) is 4.18. The number of halogens is 2. The Balaban J connectivity index is 2.30. The molecule has 0 fully saturated rings. The van der Waals surface area contributed by atoms with Crippen LogP contribution in [0.25, 0.3) is 11.0 Å². The highest BCUT2D eigenvalue weighted by molar-refractivity contribution is 5.79. The molecule has 2 rings (SSSR count). The first-order chi connectivity index (χ1) is 8.95. The van der Waals surface area contributed by atoms with Gasteiger partial charge in [-0.05, 0) is 19.1 Å². The van der Waals surface area contributed by atoms with E-state index in [2.05, 4.69) is 9.72 Å².